The van der Waals surface area contributed by atoms with Crippen molar-refractivity contribution in [2.45, 2.75) is 44.7 Å². The van der Waals surface area contributed by atoms with E-state index in [1.807, 2.05) is 68.4 Å². The smallest absolute Gasteiger partial charge is 0.254 e. The zero-order valence-electron chi connectivity index (χ0n) is 17.9. The van der Waals surface area contributed by atoms with Gasteiger partial charge in [0.2, 0.25) is 5.91 Å². The average Bonchev–Trinajstić information content (AvgIpc) is 3.42. The number of rotatable bonds is 6. The summed E-state index contributed by atoms with van der Waals surface area (Å²) in [6.45, 7) is 4.37. The second kappa shape index (κ2) is 8.76. The highest BCUT2D eigenvalue weighted by atomic mass is 16.5. The third-order valence-corrected chi connectivity index (χ3v) is 5.69. The SMILES string of the molecule is CC(C)NC(=O)C1(Cc2cc(-c3ccccc3)no2)CCCN1C(=O)c1ccccc1. The Hall–Kier alpha value is -3.41. The highest BCUT2D eigenvalue weighted by Gasteiger charge is 2.50. The predicted octanol–water partition coefficient (Wildman–Crippen LogP) is 4.08. The Balaban J connectivity index is 1.68. The molecule has 0 bridgehead atoms. The Bertz CT molecular complexity index is 1050. The number of aromatic nitrogens is 1. The van der Waals surface area contributed by atoms with Crippen LogP contribution in [0.1, 0.15) is 42.8 Å². The molecule has 0 radical (unpaired) electrons. The van der Waals surface area contributed by atoms with E-state index in [4.69, 9.17) is 4.52 Å². The van der Waals surface area contributed by atoms with Crippen molar-refractivity contribution >= 4 is 11.8 Å². The molecule has 4 rings (SSSR count). The third kappa shape index (κ3) is 4.24. The van der Waals surface area contributed by atoms with Crippen molar-refractivity contribution in [1.29, 1.82) is 0 Å². The number of hydrogen-bond donors (Lipinski definition) is 1. The van der Waals surface area contributed by atoms with Crippen LogP contribution in [0.5, 0.6) is 0 Å². The van der Waals surface area contributed by atoms with Crippen molar-refractivity contribution in [3.63, 3.8) is 0 Å². The molecule has 6 nitrogen and oxygen atoms in total. The van der Waals surface area contributed by atoms with Gasteiger partial charge < -0.3 is 14.7 Å². The first-order valence-electron chi connectivity index (χ1n) is 10.7. The van der Waals surface area contributed by atoms with Gasteiger partial charge in [0, 0.05) is 36.2 Å². The van der Waals surface area contributed by atoms with Gasteiger partial charge in [-0.2, -0.15) is 0 Å². The van der Waals surface area contributed by atoms with Crippen molar-refractivity contribution in [3.05, 3.63) is 78.1 Å². The zero-order chi connectivity index (χ0) is 21.8. The Labute approximate surface area is 182 Å². The van der Waals surface area contributed by atoms with Gasteiger partial charge in [-0.05, 0) is 38.8 Å². The van der Waals surface area contributed by atoms with Gasteiger partial charge in [0.05, 0.1) is 0 Å². The molecule has 2 aromatic carbocycles. The molecule has 2 heterocycles. The van der Waals surface area contributed by atoms with Crippen LogP contribution >= 0.6 is 0 Å². The number of amides is 2. The number of carbonyl (C=O) groups is 2. The van der Waals surface area contributed by atoms with Gasteiger partial charge in [0.1, 0.15) is 17.0 Å². The maximum absolute atomic E-state index is 13.4. The third-order valence-electron chi connectivity index (χ3n) is 5.69. The fourth-order valence-corrected chi connectivity index (χ4v) is 4.24. The first-order valence-corrected chi connectivity index (χ1v) is 10.7. The fourth-order valence-electron chi connectivity index (χ4n) is 4.24. The normalized spacial score (nSPS) is 18.4. The summed E-state index contributed by atoms with van der Waals surface area (Å²) < 4.78 is 5.63. The molecule has 1 fully saturated rings. The van der Waals surface area contributed by atoms with E-state index in [0.29, 0.717) is 30.0 Å². The van der Waals surface area contributed by atoms with Crippen LogP contribution in [0.2, 0.25) is 0 Å². The molecule has 3 aromatic rings. The summed E-state index contributed by atoms with van der Waals surface area (Å²) in [4.78, 5) is 28.5. The molecule has 1 saturated heterocycles. The van der Waals surface area contributed by atoms with Crippen molar-refractivity contribution in [2.75, 3.05) is 6.54 Å². The first kappa shape index (κ1) is 20.8. The molecular weight excluding hydrogens is 390 g/mol. The molecule has 1 atom stereocenters. The van der Waals surface area contributed by atoms with Gasteiger partial charge in [-0.25, -0.2) is 0 Å². The predicted molar refractivity (Wildman–Crippen MR) is 118 cm³/mol. The van der Waals surface area contributed by atoms with Crippen molar-refractivity contribution in [1.82, 2.24) is 15.4 Å². The van der Waals surface area contributed by atoms with E-state index in [9.17, 15) is 9.59 Å². The lowest BCUT2D eigenvalue weighted by Gasteiger charge is -2.37. The van der Waals surface area contributed by atoms with Crippen LogP contribution in [0.15, 0.2) is 71.3 Å². The number of nitrogens with zero attached hydrogens (tertiary/aromatic N) is 2. The summed E-state index contributed by atoms with van der Waals surface area (Å²) in [6, 6.07) is 20.7. The highest BCUT2D eigenvalue weighted by molar-refractivity contribution is 6.00. The molecule has 1 aliphatic heterocycles. The number of benzene rings is 2. The minimum Gasteiger partial charge on any atom is -0.361 e. The summed E-state index contributed by atoms with van der Waals surface area (Å²) in [7, 11) is 0. The Morgan fingerprint density at radius 2 is 1.77 bits per heavy atom. The molecule has 1 aliphatic rings. The van der Waals surface area contributed by atoms with E-state index < -0.39 is 5.54 Å². The summed E-state index contributed by atoms with van der Waals surface area (Å²) in [6.07, 6.45) is 1.61. The van der Waals surface area contributed by atoms with E-state index in [0.717, 1.165) is 12.0 Å². The molecule has 1 aromatic heterocycles. The Morgan fingerprint density at radius 3 is 2.45 bits per heavy atom. The Kier molecular flexibility index (Phi) is 5.89. The van der Waals surface area contributed by atoms with Gasteiger partial charge in [-0.1, -0.05) is 53.7 Å². The van der Waals surface area contributed by atoms with Crippen LogP contribution in [0.4, 0.5) is 0 Å². The Morgan fingerprint density at radius 1 is 1.10 bits per heavy atom. The first-order chi connectivity index (χ1) is 15.0. The maximum atomic E-state index is 13.4. The molecule has 0 spiro atoms. The van der Waals surface area contributed by atoms with Crippen LogP contribution in [-0.2, 0) is 11.2 Å². The maximum Gasteiger partial charge on any atom is 0.254 e. The van der Waals surface area contributed by atoms with E-state index >= 15 is 0 Å². The molecule has 31 heavy (non-hydrogen) atoms. The second-order valence-corrected chi connectivity index (χ2v) is 8.31. The summed E-state index contributed by atoms with van der Waals surface area (Å²) in [5.41, 5.74) is 1.23. The minimum atomic E-state index is -1.01. The van der Waals surface area contributed by atoms with Crippen molar-refractivity contribution in [2.24, 2.45) is 0 Å². The molecule has 0 aliphatic carbocycles. The molecule has 6 heteroatoms. The molecule has 160 valence electrons. The van der Waals surface area contributed by atoms with E-state index in [2.05, 4.69) is 10.5 Å². The summed E-state index contributed by atoms with van der Waals surface area (Å²) in [5.74, 6) is 0.298. The van der Waals surface area contributed by atoms with E-state index in [1.54, 1.807) is 17.0 Å². The number of carbonyl (C=O) groups excluding carboxylic acids is 2. The summed E-state index contributed by atoms with van der Waals surface area (Å²) in [5, 5.41) is 7.22. The number of hydrogen-bond acceptors (Lipinski definition) is 4. The fraction of sp³-hybridized carbons (Fsp3) is 0.320. The lowest BCUT2D eigenvalue weighted by molar-refractivity contribution is -0.131. The monoisotopic (exact) mass is 417 g/mol. The molecule has 2 amide bonds. The van der Waals surface area contributed by atoms with Gasteiger partial charge in [0.25, 0.3) is 5.91 Å². The minimum absolute atomic E-state index is 0.0340. The van der Waals surface area contributed by atoms with Crippen LogP contribution in [-0.4, -0.2) is 40.0 Å². The van der Waals surface area contributed by atoms with Crippen LogP contribution < -0.4 is 5.32 Å². The lowest BCUT2D eigenvalue weighted by atomic mass is 9.88. The van der Waals surface area contributed by atoms with Crippen molar-refractivity contribution < 1.29 is 14.1 Å². The summed E-state index contributed by atoms with van der Waals surface area (Å²) >= 11 is 0. The highest BCUT2D eigenvalue weighted by Crippen LogP contribution is 2.35. The van der Waals surface area contributed by atoms with Gasteiger partial charge in [-0.3, -0.25) is 9.59 Å². The van der Waals surface area contributed by atoms with Gasteiger partial charge >= 0.3 is 0 Å². The lowest BCUT2D eigenvalue weighted by Crippen LogP contribution is -2.59. The van der Waals surface area contributed by atoms with Crippen LogP contribution in [0.3, 0.4) is 0 Å². The van der Waals surface area contributed by atoms with Gasteiger partial charge in [-0.15, -0.1) is 0 Å². The quantitative estimate of drug-likeness (QED) is 0.656. The molecule has 0 saturated carbocycles. The molecule has 1 unspecified atom stereocenters. The van der Waals surface area contributed by atoms with E-state index in [1.165, 1.54) is 0 Å². The average molecular weight is 418 g/mol. The van der Waals surface area contributed by atoms with Crippen molar-refractivity contribution in [3.8, 4) is 11.3 Å². The number of likely N-dealkylation sites (tertiary alicyclic amines) is 1. The topological polar surface area (TPSA) is 75.4 Å². The van der Waals surface area contributed by atoms with Crippen LogP contribution in [0, 0.1) is 0 Å². The largest absolute Gasteiger partial charge is 0.361 e. The molecule has 1 N–H and O–H groups in total. The van der Waals surface area contributed by atoms with Crippen LogP contribution in [0.25, 0.3) is 11.3 Å². The van der Waals surface area contributed by atoms with Gasteiger partial charge in [0.15, 0.2) is 0 Å². The second-order valence-electron chi connectivity index (χ2n) is 8.31. The molecular formula is C25H27N3O3. The zero-order valence-corrected chi connectivity index (χ0v) is 17.9. The standard InChI is InChI=1S/C25H27N3O3/c1-18(2)26-24(30)25(14-9-15-28(25)23(29)20-12-7-4-8-13-20)17-21-16-22(27-31-21)19-10-5-3-6-11-19/h3-8,10-13,16,18H,9,14-15,17H2,1-2H3,(H,26,30). The van der Waals surface area contributed by atoms with E-state index in [-0.39, 0.29) is 24.3 Å². The number of nitrogens with one attached hydrogen (secondary N) is 1.